The number of nitrogens with zero attached hydrogens (tertiary/aromatic N) is 3. The van der Waals surface area contributed by atoms with Gasteiger partial charge in [-0.1, -0.05) is 32.9 Å². The van der Waals surface area contributed by atoms with Crippen molar-refractivity contribution in [2.75, 3.05) is 19.6 Å². The van der Waals surface area contributed by atoms with Crippen LogP contribution < -0.4 is 5.32 Å². The van der Waals surface area contributed by atoms with Crippen molar-refractivity contribution in [2.24, 2.45) is 11.3 Å². The fourth-order valence-corrected chi connectivity index (χ4v) is 3.52. The molecule has 1 amide bonds. The zero-order valence-electron chi connectivity index (χ0n) is 15.9. The highest BCUT2D eigenvalue weighted by Crippen LogP contribution is 2.22. The number of nitrogens with one attached hydrogen (secondary N) is 1. The Morgan fingerprint density at radius 1 is 1.32 bits per heavy atom. The Bertz CT molecular complexity index is 744. The third kappa shape index (κ3) is 4.03. The van der Waals surface area contributed by atoms with Crippen LogP contribution in [0.5, 0.6) is 0 Å². The Labute approximate surface area is 150 Å². The second-order valence-corrected chi connectivity index (χ2v) is 8.11. The first-order valence-corrected chi connectivity index (χ1v) is 9.33. The summed E-state index contributed by atoms with van der Waals surface area (Å²) in [6.07, 6.45) is 1.14. The van der Waals surface area contributed by atoms with Gasteiger partial charge in [0, 0.05) is 25.0 Å². The summed E-state index contributed by atoms with van der Waals surface area (Å²) in [4.78, 5) is 19.3. The predicted octanol–water partition coefficient (Wildman–Crippen LogP) is 3.04. The van der Waals surface area contributed by atoms with Gasteiger partial charge >= 0.3 is 0 Å². The highest BCUT2D eigenvalue weighted by molar-refractivity contribution is 5.81. The highest BCUT2D eigenvalue weighted by Gasteiger charge is 2.26. The maximum Gasteiger partial charge on any atom is 0.225 e. The monoisotopic (exact) mass is 342 g/mol. The molecule has 25 heavy (non-hydrogen) atoms. The van der Waals surface area contributed by atoms with E-state index in [1.54, 1.807) is 0 Å². The minimum Gasteiger partial charge on any atom is -0.355 e. The Morgan fingerprint density at radius 3 is 2.80 bits per heavy atom. The van der Waals surface area contributed by atoms with E-state index in [-0.39, 0.29) is 11.3 Å². The molecule has 5 nitrogen and oxygen atoms in total. The Morgan fingerprint density at radius 2 is 2.08 bits per heavy atom. The van der Waals surface area contributed by atoms with Crippen LogP contribution in [0.2, 0.25) is 0 Å². The predicted molar refractivity (Wildman–Crippen MR) is 101 cm³/mol. The molecule has 1 unspecified atom stereocenters. The SMILES string of the molecule is CCn1c(CN2CCC(CNC(=O)C(C)(C)C)C2)nc2ccccc21. The number of rotatable bonds is 5. The molecule has 0 aliphatic carbocycles. The van der Waals surface area contributed by atoms with Gasteiger partial charge in [0.2, 0.25) is 5.91 Å². The highest BCUT2D eigenvalue weighted by atomic mass is 16.2. The Hall–Kier alpha value is -1.88. The topological polar surface area (TPSA) is 50.2 Å². The number of imidazole rings is 1. The van der Waals surface area contributed by atoms with E-state index in [1.165, 1.54) is 5.52 Å². The van der Waals surface area contributed by atoms with Crippen LogP contribution in [0.15, 0.2) is 24.3 Å². The third-order valence-corrected chi connectivity index (χ3v) is 5.02. The van der Waals surface area contributed by atoms with Gasteiger partial charge in [0.1, 0.15) is 5.82 Å². The van der Waals surface area contributed by atoms with Crippen LogP contribution >= 0.6 is 0 Å². The van der Waals surface area contributed by atoms with Crippen LogP contribution in [0.3, 0.4) is 0 Å². The molecule has 1 aliphatic rings. The fraction of sp³-hybridized carbons (Fsp3) is 0.600. The number of hydrogen-bond acceptors (Lipinski definition) is 3. The van der Waals surface area contributed by atoms with Gasteiger partial charge in [-0.3, -0.25) is 9.69 Å². The second-order valence-electron chi connectivity index (χ2n) is 8.11. The van der Waals surface area contributed by atoms with Gasteiger partial charge in [0.25, 0.3) is 0 Å². The smallest absolute Gasteiger partial charge is 0.225 e. The van der Waals surface area contributed by atoms with Crippen molar-refractivity contribution in [1.29, 1.82) is 0 Å². The molecular weight excluding hydrogens is 312 g/mol. The van der Waals surface area contributed by atoms with Gasteiger partial charge in [-0.2, -0.15) is 0 Å². The summed E-state index contributed by atoms with van der Waals surface area (Å²) in [6, 6.07) is 8.34. The summed E-state index contributed by atoms with van der Waals surface area (Å²) in [5.74, 6) is 1.81. The van der Waals surface area contributed by atoms with E-state index >= 15 is 0 Å². The van der Waals surface area contributed by atoms with Gasteiger partial charge in [0.15, 0.2) is 0 Å². The van der Waals surface area contributed by atoms with Crippen LogP contribution in [0.1, 0.15) is 39.9 Å². The number of benzene rings is 1. The molecule has 2 aromatic rings. The van der Waals surface area contributed by atoms with Crippen molar-refractivity contribution >= 4 is 16.9 Å². The van der Waals surface area contributed by atoms with Crippen LogP contribution in [0.25, 0.3) is 11.0 Å². The van der Waals surface area contributed by atoms with Gasteiger partial charge < -0.3 is 9.88 Å². The van der Waals surface area contributed by atoms with Gasteiger partial charge in [-0.05, 0) is 37.9 Å². The zero-order chi connectivity index (χ0) is 18.0. The molecule has 1 fully saturated rings. The van der Waals surface area contributed by atoms with E-state index < -0.39 is 0 Å². The number of likely N-dealkylation sites (tertiary alicyclic amines) is 1. The van der Waals surface area contributed by atoms with Crippen molar-refractivity contribution in [3.63, 3.8) is 0 Å². The number of carbonyl (C=O) groups excluding carboxylic acids is 1. The van der Waals surface area contributed by atoms with E-state index in [0.717, 1.165) is 50.5 Å². The zero-order valence-corrected chi connectivity index (χ0v) is 15.9. The van der Waals surface area contributed by atoms with Crippen molar-refractivity contribution in [2.45, 2.75) is 47.2 Å². The number of hydrogen-bond donors (Lipinski definition) is 1. The van der Waals surface area contributed by atoms with Crippen molar-refractivity contribution < 1.29 is 4.79 Å². The van der Waals surface area contributed by atoms with Crippen LogP contribution in [0, 0.1) is 11.3 Å². The molecule has 0 saturated carbocycles. The van der Waals surface area contributed by atoms with Crippen molar-refractivity contribution in [3.05, 3.63) is 30.1 Å². The van der Waals surface area contributed by atoms with Crippen LogP contribution in [0.4, 0.5) is 0 Å². The lowest BCUT2D eigenvalue weighted by Gasteiger charge is -2.20. The van der Waals surface area contributed by atoms with E-state index in [4.69, 9.17) is 4.98 Å². The molecule has 2 heterocycles. The molecule has 1 saturated heterocycles. The fourth-order valence-electron chi connectivity index (χ4n) is 3.52. The molecule has 0 spiro atoms. The first kappa shape index (κ1) is 17.9. The van der Waals surface area contributed by atoms with Gasteiger partial charge in [-0.15, -0.1) is 0 Å². The van der Waals surface area contributed by atoms with Gasteiger partial charge in [0.05, 0.1) is 17.6 Å². The maximum atomic E-state index is 12.0. The summed E-state index contributed by atoms with van der Waals surface area (Å²) in [6.45, 7) is 12.7. The molecule has 0 bridgehead atoms. The minimum absolute atomic E-state index is 0.138. The summed E-state index contributed by atoms with van der Waals surface area (Å²) >= 11 is 0. The minimum atomic E-state index is -0.315. The van der Waals surface area contributed by atoms with E-state index in [1.807, 2.05) is 26.8 Å². The molecular formula is C20H30N4O. The quantitative estimate of drug-likeness (QED) is 0.909. The number of amides is 1. The molecule has 136 valence electrons. The number of aryl methyl sites for hydroxylation is 1. The van der Waals surface area contributed by atoms with Crippen LogP contribution in [-0.2, 0) is 17.9 Å². The summed E-state index contributed by atoms with van der Waals surface area (Å²) in [7, 11) is 0. The normalized spacial score (nSPS) is 18.8. The van der Waals surface area contributed by atoms with E-state index in [2.05, 4.69) is 39.9 Å². The molecule has 3 rings (SSSR count). The number of fused-ring (bicyclic) bond motifs is 1. The van der Waals surface area contributed by atoms with Crippen LogP contribution in [-0.4, -0.2) is 40.0 Å². The van der Waals surface area contributed by atoms with Crippen molar-refractivity contribution in [1.82, 2.24) is 19.8 Å². The summed E-state index contributed by atoms with van der Waals surface area (Å²) < 4.78 is 2.31. The Kier molecular flexibility index (Phi) is 5.13. The molecule has 0 radical (unpaired) electrons. The summed E-state index contributed by atoms with van der Waals surface area (Å²) in [5, 5.41) is 3.11. The summed E-state index contributed by atoms with van der Waals surface area (Å²) in [5.41, 5.74) is 1.98. The lowest BCUT2D eigenvalue weighted by molar-refractivity contribution is -0.128. The molecule has 1 aromatic heterocycles. The first-order valence-electron chi connectivity index (χ1n) is 9.33. The van der Waals surface area contributed by atoms with E-state index in [9.17, 15) is 4.79 Å². The Balaban J connectivity index is 1.59. The largest absolute Gasteiger partial charge is 0.355 e. The molecule has 1 atom stereocenters. The van der Waals surface area contributed by atoms with E-state index in [0.29, 0.717) is 5.92 Å². The standard InChI is InChI=1S/C20H30N4O/c1-5-24-17-9-7-6-8-16(17)22-18(24)14-23-11-10-15(13-23)12-21-19(25)20(2,3)4/h6-9,15H,5,10-14H2,1-4H3,(H,21,25). The molecule has 5 heteroatoms. The maximum absolute atomic E-state index is 12.0. The number of aromatic nitrogens is 2. The van der Waals surface area contributed by atoms with Gasteiger partial charge in [-0.25, -0.2) is 4.98 Å². The lowest BCUT2D eigenvalue weighted by Crippen LogP contribution is -2.38. The number of para-hydroxylation sites is 2. The molecule has 1 aromatic carbocycles. The van der Waals surface area contributed by atoms with Crippen molar-refractivity contribution in [3.8, 4) is 0 Å². The second kappa shape index (κ2) is 7.16. The third-order valence-electron chi connectivity index (χ3n) is 5.02. The number of carbonyl (C=O) groups is 1. The average Bonchev–Trinajstić information content (AvgIpc) is 3.15. The average molecular weight is 342 g/mol. The molecule has 1 aliphatic heterocycles. The lowest BCUT2D eigenvalue weighted by atomic mass is 9.95. The first-order chi connectivity index (χ1) is 11.9. The molecule has 1 N–H and O–H groups in total.